The topological polar surface area (TPSA) is 105 Å². The van der Waals surface area contributed by atoms with Crippen LogP contribution in [0.25, 0.3) is 0 Å². The number of alkyl carbamates (subject to hydrolysis) is 1. The van der Waals surface area contributed by atoms with Gasteiger partial charge in [-0.3, -0.25) is 0 Å². The number of amides is 1. The first-order chi connectivity index (χ1) is 17.3. The Morgan fingerprint density at radius 3 is 2.65 bits per heavy atom. The SMILES string of the molecule is C=C1C2CC3C(C(C)C)C(OC(=O)NCCCC)CC3(C)CC2C(C)=CCC2C(C)OC(=O)C(O)C12O. The number of aliphatic hydroxyl groups is 2. The molecule has 3 N–H and O–H groups in total. The number of fused-ring (bicyclic) bond motifs is 3. The Hall–Kier alpha value is -1.86. The summed E-state index contributed by atoms with van der Waals surface area (Å²) in [6.45, 7) is 17.7. The molecule has 0 radical (unpaired) electrons. The van der Waals surface area contributed by atoms with E-state index in [9.17, 15) is 19.8 Å². The zero-order valence-corrected chi connectivity index (χ0v) is 23.5. The Kier molecular flexibility index (Phi) is 7.89. The zero-order chi connectivity index (χ0) is 27.3. The number of ether oxygens (including phenoxy) is 2. The summed E-state index contributed by atoms with van der Waals surface area (Å²) < 4.78 is 11.5. The van der Waals surface area contributed by atoms with E-state index in [0.717, 1.165) is 32.1 Å². The third-order valence-electron chi connectivity index (χ3n) is 10.3. The average Bonchev–Trinajstić information content (AvgIpc) is 3.11. The summed E-state index contributed by atoms with van der Waals surface area (Å²) >= 11 is 0. The van der Waals surface area contributed by atoms with E-state index in [1.807, 2.05) is 0 Å². The van der Waals surface area contributed by atoms with Crippen molar-refractivity contribution >= 4 is 12.1 Å². The van der Waals surface area contributed by atoms with Gasteiger partial charge in [0, 0.05) is 18.4 Å². The standard InChI is InChI=1S/C30H47NO6/c1-8-9-12-31-28(34)37-24-15-29(7)14-21-17(4)10-11-22-19(6)36-27(33)26(32)30(22,35)18(5)20(21)13-23(29)25(24)16(2)3/h10,16,19-26,32,35H,5,8-9,11-15H2,1-4,6-7H3,(H,31,34). The number of cyclic esters (lactones) is 1. The molecule has 7 heteroatoms. The van der Waals surface area contributed by atoms with Crippen LogP contribution in [0, 0.1) is 40.9 Å². The molecule has 37 heavy (non-hydrogen) atoms. The van der Waals surface area contributed by atoms with Crippen molar-refractivity contribution in [2.75, 3.05) is 6.54 Å². The molecule has 10 unspecified atom stereocenters. The van der Waals surface area contributed by atoms with Gasteiger partial charge in [0.15, 0.2) is 6.10 Å². The van der Waals surface area contributed by atoms with Crippen molar-refractivity contribution in [3.63, 3.8) is 0 Å². The Bertz CT molecular complexity index is 944. The minimum atomic E-state index is -1.73. The van der Waals surface area contributed by atoms with E-state index in [0.29, 0.717) is 24.5 Å². The first kappa shape index (κ1) is 28.2. The van der Waals surface area contributed by atoms with Crippen LogP contribution >= 0.6 is 0 Å². The number of nitrogens with one attached hydrogen (secondary N) is 1. The van der Waals surface area contributed by atoms with Crippen molar-refractivity contribution in [2.24, 2.45) is 40.9 Å². The lowest BCUT2D eigenvalue weighted by Gasteiger charge is -2.54. The molecule has 1 saturated heterocycles. The maximum atomic E-state index is 12.6. The summed E-state index contributed by atoms with van der Waals surface area (Å²) in [6, 6.07) is 0. The molecule has 0 bridgehead atoms. The van der Waals surface area contributed by atoms with Crippen molar-refractivity contribution in [2.45, 2.75) is 104 Å². The smallest absolute Gasteiger partial charge is 0.407 e. The first-order valence-corrected chi connectivity index (χ1v) is 14.3. The summed E-state index contributed by atoms with van der Waals surface area (Å²) in [7, 11) is 0. The highest BCUT2D eigenvalue weighted by atomic mass is 16.6. The molecule has 0 aromatic carbocycles. The lowest BCUT2D eigenvalue weighted by molar-refractivity contribution is -0.209. The third-order valence-corrected chi connectivity index (χ3v) is 10.3. The van der Waals surface area contributed by atoms with Crippen LogP contribution in [0.2, 0.25) is 0 Å². The van der Waals surface area contributed by atoms with Gasteiger partial charge in [0.1, 0.15) is 17.8 Å². The van der Waals surface area contributed by atoms with E-state index in [4.69, 9.17) is 9.47 Å². The average molecular weight is 518 g/mol. The van der Waals surface area contributed by atoms with E-state index >= 15 is 0 Å². The van der Waals surface area contributed by atoms with Crippen molar-refractivity contribution in [3.05, 3.63) is 23.8 Å². The second kappa shape index (κ2) is 10.4. The first-order valence-electron chi connectivity index (χ1n) is 14.3. The van der Waals surface area contributed by atoms with Gasteiger partial charge in [0.05, 0.1) is 0 Å². The van der Waals surface area contributed by atoms with E-state index in [2.05, 4.69) is 52.6 Å². The Balaban J connectivity index is 1.66. The number of aliphatic hydroxyl groups excluding tert-OH is 1. The monoisotopic (exact) mass is 517 g/mol. The van der Waals surface area contributed by atoms with E-state index < -0.39 is 29.7 Å². The molecule has 1 amide bonds. The predicted octanol–water partition coefficient (Wildman–Crippen LogP) is 4.77. The molecule has 10 atom stereocenters. The molecular formula is C30H47NO6. The van der Waals surface area contributed by atoms with Crippen molar-refractivity contribution in [1.29, 1.82) is 0 Å². The molecule has 1 aliphatic heterocycles. The van der Waals surface area contributed by atoms with E-state index in [-0.39, 0.29) is 41.3 Å². The fourth-order valence-corrected chi connectivity index (χ4v) is 8.27. The lowest BCUT2D eigenvalue weighted by Crippen LogP contribution is -2.63. The molecule has 208 valence electrons. The molecule has 3 aliphatic carbocycles. The largest absolute Gasteiger partial charge is 0.460 e. The predicted molar refractivity (Wildman–Crippen MR) is 141 cm³/mol. The molecule has 0 aromatic rings. The number of rotatable bonds is 5. The molecule has 4 aliphatic rings. The van der Waals surface area contributed by atoms with Crippen LogP contribution in [0.1, 0.15) is 80.1 Å². The fraction of sp³-hybridized carbons (Fsp3) is 0.800. The van der Waals surface area contributed by atoms with Gasteiger partial charge in [-0.05, 0) is 80.6 Å². The Labute approximate surface area is 222 Å². The lowest BCUT2D eigenvalue weighted by atomic mass is 9.53. The number of hydrogen-bond donors (Lipinski definition) is 3. The Morgan fingerprint density at radius 2 is 2.00 bits per heavy atom. The van der Waals surface area contributed by atoms with Gasteiger partial charge in [-0.1, -0.05) is 52.3 Å². The minimum absolute atomic E-state index is 0.0293. The van der Waals surface area contributed by atoms with Gasteiger partial charge in [0.25, 0.3) is 0 Å². The van der Waals surface area contributed by atoms with Crippen LogP contribution in [0.5, 0.6) is 0 Å². The van der Waals surface area contributed by atoms with E-state index in [1.54, 1.807) is 6.92 Å². The number of hydrogen-bond acceptors (Lipinski definition) is 6. The number of carbonyl (C=O) groups excluding carboxylic acids is 2. The van der Waals surface area contributed by atoms with Crippen LogP contribution in [-0.2, 0) is 14.3 Å². The number of unbranched alkanes of at least 4 members (excludes halogenated alkanes) is 1. The molecule has 0 spiro atoms. The maximum Gasteiger partial charge on any atom is 0.407 e. The quantitative estimate of drug-likeness (QED) is 0.276. The van der Waals surface area contributed by atoms with Crippen LogP contribution in [0.3, 0.4) is 0 Å². The normalized spacial score (nSPS) is 43.5. The fourth-order valence-electron chi connectivity index (χ4n) is 8.27. The van der Waals surface area contributed by atoms with E-state index in [1.165, 1.54) is 5.57 Å². The summed E-state index contributed by atoms with van der Waals surface area (Å²) in [5.74, 6) is -0.438. The van der Waals surface area contributed by atoms with Gasteiger partial charge >= 0.3 is 12.1 Å². The number of carbonyl (C=O) groups is 2. The van der Waals surface area contributed by atoms with Crippen molar-refractivity contribution in [1.82, 2.24) is 5.32 Å². The maximum absolute atomic E-state index is 12.6. The third kappa shape index (κ3) is 4.75. The van der Waals surface area contributed by atoms with Gasteiger partial charge in [-0.15, -0.1) is 0 Å². The molecule has 2 saturated carbocycles. The number of esters is 1. The highest BCUT2D eigenvalue weighted by Gasteiger charge is 2.62. The van der Waals surface area contributed by atoms with Crippen molar-refractivity contribution in [3.8, 4) is 0 Å². The molecular weight excluding hydrogens is 470 g/mol. The summed E-state index contributed by atoms with van der Waals surface area (Å²) in [5, 5.41) is 25.8. The second-order valence-corrected chi connectivity index (χ2v) is 12.8. The molecule has 3 fully saturated rings. The van der Waals surface area contributed by atoms with Crippen LogP contribution in [-0.4, -0.2) is 52.7 Å². The van der Waals surface area contributed by atoms with Crippen LogP contribution in [0.4, 0.5) is 4.79 Å². The Morgan fingerprint density at radius 1 is 1.30 bits per heavy atom. The molecule has 0 aromatic heterocycles. The van der Waals surface area contributed by atoms with Gasteiger partial charge < -0.3 is 25.0 Å². The van der Waals surface area contributed by atoms with Crippen molar-refractivity contribution < 1.29 is 29.3 Å². The molecule has 7 nitrogen and oxygen atoms in total. The summed E-state index contributed by atoms with van der Waals surface area (Å²) in [4.78, 5) is 25.1. The molecule has 1 heterocycles. The van der Waals surface area contributed by atoms with Crippen LogP contribution < -0.4 is 5.32 Å². The summed E-state index contributed by atoms with van der Waals surface area (Å²) in [5.41, 5.74) is 0.0497. The summed E-state index contributed by atoms with van der Waals surface area (Å²) in [6.07, 6.45) is 4.40. The second-order valence-electron chi connectivity index (χ2n) is 12.8. The number of allylic oxidation sites excluding steroid dienone is 2. The highest BCUT2D eigenvalue weighted by Crippen LogP contribution is 2.63. The van der Waals surface area contributed by atoms with Gasteiger partial charge in [-0.25, -0.2) is 9.59 Å². The minimum Gasteiger partial charge on any atom is -0.460 e. The van der Waals surface area contributed by atoms with Gasteiger partial charge in [-0.2, -0.15) is 0 Å². The highest BCUT2D eigenvalue weighted by molar-refractivity contribution is 5.78. The van der Waals surface area contributed by atoms with Crippen LogP contribution in [0.15, 0.2) is 23.8 Å². The zero-order valence-electron chi connectivity index (χ0n) is 23.5. The van der Waals surface area contributed by atoms with Gasteiger partial charge in [0.2, 0.25) is 0 Å². The molecule has 4 rings (SSSR count).